The van der Waals surface area contributed by atoms with E-state index in [-0.39, 0.29) is 5.57 Å². The Bertz CT molecular complexity index is 981. The minimum Gasteiger partial charge on any atom is -0.267 e. The zero-order valence-corrected chi connectivity index (χ0v) is 14.6. The predicted molar refractivity (Wildman–Crippen MR) is 102 cm³/mol. The van der Waals surface area contributed by atoms with E-state index in [0.29, 0.717) is 6.54 Å². The Morgan fingerprint density at radius 3 is 2.31 bits per heavy atom. The van der Waals surface area contributed by atoms with E-state index in [4.69, 9.17) is 15.6 Å². The fourth-order valence-corrected chi connectivity index (χ4v) is 2.76. The Labute approximate surface area is 153 Å². The Morgan fingerprint density at radius 2 is 1.69 bits per heavy atom. The van der Waals surface area contributed by atoms with Gasteiger partial charge in [0, 0.05) is 17.3 Å². The van der Waals surface area contributed by atoms with Crippen LogP contribution in [0.15, 0.2) is 66.4 Å². The molecule has 0 aliphatic rings. The molecule has 2 aromatic carbocycles. The molecule has 1 aromatic heterocycles. The summed E-state index contributed by atoms with van der Waals surface area (Å²) < 4.78 is 1.84. The molecule has 0 unspecified atom stereocenters. The minimum atomic E-state index is 0.0655. The van der Waals surface area contributed by atoms with Crippen LogP contribution in [-0.2, 0) is 13.0 Å². The summed E-state index contributed by atoms with van der Waals surface area (Å²) in [5, 5.41) is 22.9. The summed E-state index contributed by atoms with van der Waals surface area (Å²) in [6.07, 6.45) is 4.45. The highest BCUT2D eigenvalue weighted by atomic mass is 15.3. The van der Waals surface area contributed by atoms with Gasteiger partial charge in [0.25, 0.3) is 0 Å². The van der Waals surface area contributed by atoms with Crippen LogP contribution in [0.2, 0.25) is 0 Å². The number of nitrogens with zero attached hydrogens (tertiary/aromatic N) is 4. The SMILES string of the molecule is CCc1ccc(-c2nn(Cc3ccccc3)cc2C=C(C#N)C#N)cc1. The molecule has 0 spiro atoms. The average Bonchev–Trinajstić information content (AvgIpc) is 3.09. The highest BCUT2D eigenvalue weighted by molar-refractivity contribution is 5.75. The lowest BCUT2D eigenvalue weighted by Crippen LogP contribution is -2.00. The monoisotopic (exact) mass is 338 g/mol. The molecule has 4 nitrogen and oxygen atoms in total. The highest BCUT2D eigenvalue weighted by Gasteiger charge is 2.11. The van der Waals surface area contributed by atoms with Gasteiger partial charge in [0.05, 0.1) is 12.2 Å². The lowest BCUT2D eigenvalue weighted by molar-refractivity contribution is 0.689. The number of rotatable bonds is 5. The van der Waals surface area contributed by atoms with Crippen LogP contribution in [0.25, 0.3) is 17.3 Å². The molecule has 4 heteroatoms. The molecule has 3 rings (SSSR count). The van der Waals surface area contributed by atoms with Gasteiger partial charge < -0.3 is 0 Å². The van der Waals surface area contributed by atoms with Crippen LogP contribution in [0, 0.1) is 22.7 Å². The number of benzene rings is 2. The zero-order valence-electron chi connectivity index (χ0n) is 14.6. The maximum absolute atomic E-state index is 9.09. The van der Waals surface area contributed by atoms with Gasteiger partial charge in [-0.1, -0.05) is 61.5 Å². The van der Waals surface area contributed by atoms with Gasteiger partial charge in [0.15, 0.2) is 0 Å². The summed E-state index contributed by atoms with van der Waals surface area (Å²) in [4.78, 5) is 0. The number of nitriles is 2. The van der Waals surface area contributed by atoms with E-state index in [1.807, 2.05) is 65.5 Å². The summed E-state index contributed by atoms with van der Waals surface area (Å²) in [6.45, 7) is 2.74. The number of aryl methyl sites for hydroxylation is 1. The van der Waals surface area contributed by atoms with Crippen LogP contribution in [0.1, 0.15) is 23.6 Å². The van der Waals surface area contributed by atoms with Gasteiger partial charge in [0.1, 0.15) is 17.7 Å². The molecule has 0 bridgehead atoms. The molecule has 126 valence electrons. The van der Waals surface area contributed by atoms with Crippen molar-refractivity contribution in [1.82, 2.24) is 9.78 Å². The first-order valence-electron chi connectivity index (χ1n) is 8.46. The Morgan fingerprint density at radius 1 is 1.00 bits per heavy atom. The minimum absolute atomic E-state index is 0.0655. The van der Waals surface area contributed by atoms with Gasteiger partial charge in [-0.25, -0.2) is 0 Å². The molecule has 0 atom stereocenters. The normalized spacial score (nSPS) is 9.96. The molecule has 0 aliphatic carbocycles. The summed E-state index contributed by atoms with van der Waals surface area (Å²) in [7, 11) is 0. The molecule has 0 fully saturated rings. The van der Waals surface area contributed by atoms with Gasteiger partial charge in [-0.05, 0) is 23.6 Å². The van der Waals surface area contributed by atoms with Crippen molar-refractivity contribution in [2.75, 3.05) is 0 Å². The lowest BCUT2D eigenvalue weighted by atomic mass is 10.0. The molecule has 0 saturated carbocycles. The van der Waals surface area contributed by atoms with Crippen molar-refractivity contribution in [3.05, 3.63) is 83.1 Å². The second kappa shape index (κ2) is 7.96. The largest absolute Gasteiger partial charge is 0.267 e. The van der Waals surface area contributed by atoms with Gasteiger partial charge in [-0.2, -0.15) is 15.6 Å². The van der Waals surface area contributed by atoms with E-state index in [9.17, 15) is 0 Å². The molecule has 3 aromatic rings. The average molecular weight is 338 g/mol. The third kappa shape index (κ3) is 3.88. The van der Waals surface area contributed by atoms with E-state index < -0.39 is 0 Å². The van der Waals surface area contributed by atoms with Crippen LogP contribution in [0.4, 0.5) is 0 Å². The highest BCUT2D eigenvalue weighted by Crippen LogP contribution is 2.25. The van der Waals surface area contributed by atoms with Crippen LogP contribution < -0.4 is 0 Å². The van der Waals surface area contributed by atoms with Crippen molar-refractivity contribution in [3.8, 4) is 23.4 Å². The maximum Gasteiger partial charge on any atom is 0.130 e. The van der Waals surface area contributed by atoms with Crippen LogP contribution in [0.5, 0.6) is 0 Å². The molecule has 0 amide bonds. The summed E-state index contributed by atoms with van der Waals surface area (Å²) in [5.41, 5.74) is 4.96. The molecular formula is C22H18N4. The molecule has 0 aliphatic heterocycles. The maximum atomic E-state index is 9.09. The number of hydrogen-bond donors (Lipinski definition) is 0. The molecule has 1 heterocycles. The van der Waals surface area contributed by atoms with Crippen molar-refractivity contribution >= 4 is 6.08 Å². The fraction of sp³-hybridized carbons (Fsp3) is 0.136. The number of hydrogen-bond acceptors (Lipinski definition) is 3. The van der Waals surface area contributed by atoms with Crippen molar-refractivity contribution in [2.45, 2.75) is 19.9 Å². The predicted octanol–water partition coefficient (Wildman–Crippen LogP) is 4.59. The number of allylic oxidation sites excluding steroid dienone is 1. The van der Waals surface area contributed by atoms with Crippen LogP contribution in [0.3, 0.4) is 0 Å². The topological polar surface area (TPSA) is 65.4 Å². The van der Waals surface area contributed by atoms with Gasteiger partial charge in [-0.3, -0.25) is 4.68 Å². The standard InChI is InChI=1S/C22H18N4/c1-2-17-8-10-20(11-9-17)22-21(12-19(13-23)14-24)16-26(25-22)15-18-6-4-3-5-7-18/h3-12,16H,2,15H2,1H3. The van der Waals surface area contributed by atoms with Crippen molar-refractivity contribution < 1.29 is 0 Å². The van der Waals surface area contributed by atoms with Gasteiger partial charge in [-0.15, -0.1) is 0 Å². The zero-order chi connectivity index (χ0) is 18.4. The van der Waals surface area contributed by atoms with Gasteiger partial charge >= 0.3 is 0 Å². The molecule has 0 N–H and O–H groups in total. The van der Waals surface area contributed by atoms with Gasteiger partial charge in [0.2, 0.25) is 0 Å². The first-order chi connectivity index (χ1) is 12.7. The van der Waals surface area contributed by atoms with Crippen molar-refractivity contribution in [2.24, 2.45) is 0 Å². The van der Waals surface area contributed by atoms with Crippen molar-refractivity contribution in [1.29, 1.82) is 10.5 Å². The van der Waals surface area contributed by atoms with Crippen LogP contribution in [-0.4, -0.2) is 9.78 Å². The quantitative estimate of drug-likeness (QED) is 0.639. The number of aromatic nitrogens is 2. The van der Waals surface area contributed by atoms with E-state index in [2.05, 4.69) is 19.1 Å². The smallest absolute Gasteiger partial charge is 0.130 e. The lowest BCUT2D eigenvalue weighted by Gasteiger charge is -2.02. The fourth-order valence-electron chi connectivity index (χ4n) is 2.76. The molecule has 0 saturated heterocycles. The van der Waals surface area contributed by atoms with Crippen molar-refractivity contribution in [3.63, 3.8) is 0 Å². The van der Waals surface area contributed by atoms with E-state index in [1.54, 1.807) is 6.08 Å². The Balaban J connectivity index is 2.04. The van der Waals surface area contributed by atoms with Crippen LogP contribution >= 0.6 is 0 Å². The third-order valence-electron chi connectivity index (χ3n) is 4.15. The second-order valence-corrected chi connectivity index (χ2v) is 5.95. The second-order valence-electron chi connectivity index (χ2n) is 5.95. The molecule has 26 heavy (non-hydrogen) atoms. The summed E-state index contributed by atoms with van der Waals surface area (Å²) in [6, 6.07) is 22.1. The summed E-state index contributed by atoms with van der Waals surface area (Å²) in [5.74, 6) is 0. The van der Waals surface area contributed by atoms with E-state index in [1.165, 1.54) is 5.56 Å². The third-order valence-corrected chi connectivity index (χ3v) is 4.15. The van der Waals surface area contributed by atoms with E-state index >= 15 is 0 Å². The molecule has 0 radical (unpaired) electrons. The molecular weight excluding hydrogens is 320 g/mol. The Hall–Kier alpha value is -3.63. The Kier molecular flexibility index (Phi) is 5.27. The first-order valence-corrected chi connectivity index (χ1v) is 8.46. The first kappa shape index (κ1) is 17.2. The summed E-state index contributed by atoms with van der Waals surface area (Å²) >= 11 is 0. The van der Waals surface area contributed by atoms with E-state index in [0.717, 1.165) is 28.8 Å².